The maximum absolute atomic E-state index is 9.55. The third kappa shape index (κ3) is 4.29. The third-order valence-electron chi connectivity index (χ3n) is 6.47. The number of nitrogens with zero attached hydrogens (tertiary/aromatic N) is 4. The molecule has 6 nitrogen and oxygen atoms in total. The Balaban J connectivity index is 1.29. The van der Waals surface area contributed by atoms with Crippen molar-refractivity contribution in [2.75, 3.05) is 43.0 Å². The molecule has 3 fully saturated rings. The maximum Gasteiger partial charge on any atom is 0.134 e. The molecule has 1 unspecified atom stereocenters. The van der Waals surface area contributed by atoms with Crippen LogP contribution >= 0.6 is 0 Å². The zero-order valence-electron chi connectivity index (χ0n) is 15.8. The Hall–Kier alpha value is -1.40. The van der Waals surface area contributed by atoms with Gasteiger partial charge >= 0.3 is 0 Å². The molecule has 1 aromatic heterocycles. The van der Waals surface area contributed by atoms with Crippen LogP contribution in [0.4, 0.5) is 11.6 Å². The number of aromatic nitrogens is 2. The summed E-state index contributed by atoms with van der Waals surface area (Å²) in [5, 5.41) is 13.2. The number of likely N-dealkylation sites (tertiary alicyclic amines) is 1. The summed E-state index contributed by atoms with van der Waals surface area (Å²) in [6.07, 6.45) is 11.9. The Morgan fingerprint density at radius 1 is 1.00 bits per heavy atom. The number of hydrogen-bond donors (Lipinski definition) is 2. The molecule has 2 N–H and O–H groups in total. The first-order chi connectivity index (χ1) is 12.8. The molecule has 3 aliphatic rings. The molecule has 1 atom stereocenters. The van der Waals surface area contributed by atoms with E-state index in [4.69, 9.17) is 0 Å². The molecule has 6 heteroatoms. The second-order valence-corrected chi connectivity index (χ2v) is 8.30. The molecule has 144 valence electrons. The lowest BCUT2D eigenvalue weighted by Crippen LogP contribution is -2.41. The number of hydrogen-bond acceptors (Lipinski definition) is 6. The number of nitrogens with one attached hydrogen (secondary N) is 1. The van der Waals surface area contributed by atoms with Gasteiger partial charge in [0.25, 0.3) is 0 Å². The molecule has 1 saturated carbocycles. The lowest BCUT2D eigenvalue weighted by Gasteiger charge is -2.34. The highest BCUT2D eigenvalue weighted by atomic mass is 16.3. The van der Waals surface area contributed by atoms with Gasteiger partial charge in [-0.1, -0.05) is 12.8 Å². The topological polar surface area (TPSA) is 64.5 Å². The van der Waals surface area contributed by atoms with Gasteiger partial charge in [-0.3, -0.25) is 0 Å². The molecule has 0 radical (unpaired) electrons. The summed E-state index contributed by atoms with van der Waals surface area (Å²) in [5.74, 6) is 2.81. The monoisotopic (exact) mass is 359 g/mol. The average molecular weight is 360 g/mol. The lowest BCUT2D eigenvalue weighted by atomic mass is 10.0. The fraction of sp³-hybridized carbons (Fsp3) is 0.800. The van der Waals surface area contributed by atoms with Crippen molar-refractivity contribution in [1.29, 1.82) is 0 Å². The van der Waals surface area contributed by atoms with Crippen molar-refractivity contribution in [2.45, 2.75) is 63.5 Å². The second kappa shape index (κ2) is 8.53. The van der Waals surface area contributed by atoms with E-state index in [1.54, 1.807) is 6.33 Å². The van der Waals surface area contributed by atoms with Crippen molar-refractivity contribution < 1.29 is 5.11 Å². The predicted molar refractivity (Wildman–Crippen MR) is 105 cm³/mol. The number of rotatable bonds is 6. The highest BCUT2D eigenvalue weighted by molar-refractivity contribution is 5.50. The number of aliphatic hydroxyl groups excluding tert-OH is 1. The van der Waals surface area contributed by atoms with Crippen molar-refractivity contribution in [3.05, 3.63) is 12.4 Å². The van der Waals surface area contributed by atoms with Crippen LogP contribution in [0.2, 0.25) is 0 Å². The van der Waals surface area contributed by atoms with Crippen molar-refractivity contribution in [1.82, 2.24) is 14.9 Å². The molecule has 0 amide bonds. The molecular weight excluding hydrogens is 326 g/mol. The smallest absolute Gasteiger partial charge is 0.134 e. The highest BCUT2D eigenvalue weighted by Crippen LogP contribution is 2.28. The Kier molecular flexibility index (Phi) is 5.90. The predicted octanol–water partition coefficient (Wildman–Crippen LogP) is 2.50. The zero-order valence-corrected chi connectivity index (χ0v) is 15.8. The minimum Gasteiger partial charge on any atom is -0.394 e. The van der Waals surface area contributed by atoms with E-state index in [0.717, 1.165) is 36.9 Å². The molecule has 0 spiro atoms. The van der Waals surface area contributed by atoms with E-state index in [1.807, 2.05) is 0 Å². The van der Waals surface area contributed by atoms with E-state index in [2.05, 4.69) is 31.2 Å². The van der Waals surface area contributed by atoms with Gasteiger partial charge in [-0.25, -0.2) is 9.97 Å². The first-order valence-corrected chi connectivity index (χ1v) is 10.5. The molecular formula is C20H33N5O. The Labute approximate surface area is 157 Å². The van der Waals surface area contributed by atoms with Crippen LogP contribution in [0.3, 0.4) is 0 Å². The van der Waals surface area contributed by atoms with Gasteiger partial charge in [0.15, 0.2) is 0 Å². The van der Waals surface area contributed by atoms with E-state index in [0.29, 0.717) is 6.04 Å². The lowest BCUT2D eigenvalue weighted by molar-refractivity contribution is 0.189. The Morgan fingerprint density at radius 2 is 1.81 bits per heavy atom. The van der Waals surface area contributed by atoms with Gasteiger partial charge in [-0.15, -0.1) is 0 Å². The molecule has 1 aromatic rings. The van der Waals surface area contributed by atoms with Gasteiger partial charge in [-0.05, 0) is 44.4 Å². The summed E-state index contributed by atoms with van der Waals surface area (Å²) in [7, 11) is 0. The molecule has 2 aliphatic heterocycles. The van der Waals surface area contributed by atoms with Gasteiger partial charge in [0.2, 0.25) is 0 Å². The molecule has 26 heavy (non-hydrogen) atoms. The fourth-order valence-electron chi connectivity index (χ4n) is 4.94. The van der Waals surface area contributed by atoms with E-state index < -0.39 is 0 Å². The summed E-state index contributed by atoms with van der Waals surface area (Å²) in [5.41, 5.74) is 0. The van der Waals surface area contributed by atoms with Crippen LogP contribution in [0.5, 0.6) is 0 Å². The SMILES string of the molecule is OCC1CCCN1c1cc(NC2CCN(CC3CCCC3)CC2)ncn1. The van der Waals surface area contributed by atoms with Gasteiger partial charge < -0.3 is 20.2 Å². The third-order valence-corrected chi connectivity index (χ3v) is 6.47. The molecule has 1 aliphatic carbocycles. The average Bonchev–Trinajstić information content (AvgIpc) is 3.35. The summed E-state index contributed by atoms with van der Waals surface area (Å²) < 4.78 is 0. The zero-order chi connectivity index (χ0) is 17.8. The van der Waals surface area contributed by atoms with Crippen LogP contribution < -0.4 is 10.2 Å². The van der Waals surface area contributed by atoms with E-state index in [-0.39, 0.29) is 12.6 Å². The van der Waals surface area contributed by atoms with Crippen LogP contribution in [-0.4, -0.2) is 64.8 Å². The van der Waals surface area contributed by atoms with Crippen LogP contribution in [0.15, 0.2) is 12.4 Å². The molecule has 4 rings (SSSR count). The highest BCUT2D eigenvalue weighted by Gasteiger charge is 2.26. The summed E-state index contributed by atoms with van der Waals surface area (Å²) in [4.78, 5) is 13.8. The van der Waals surface area contributed by atoms with Crippen LogP contribution in [0.1, 0.15) is 51.4 Å². The van der Waals surface area contributed by atoms with Crippen LogP contribution in [-0.2, 0) is 0 Å². The first-order valence-electron chi connectivity index (χ1n) is 10.5. The van der Waals surface area contributed by atoms with Gasteiger partial charge in [0.1, 0.15) is 18.0 Å². The van der Waals surface area contributed by atoms with Gasteiger partial charge in [-0.2, -0.15) is 0 Å². The fourth-order valence-corrected chi connectivity index (χ4v) is 4.94. The van der Waals surface area contributed by atoms with Crippen molar-refractivity contribution in [3.63, 3.8) is 0 Å². The largest absolute Gasteiger partial charge is 0.394 e. The number of aliphatic hydroxyl groups is 1. The first kappa shape index (κ1) is 18.0. The Morgan fingerprint density at radius 3 is 2.58 bits per heavy atom. The van der Waals surface area contributed by atoms with E-state index in [1.165, 1.54) is 58.2 Å². The van der Waals surface area contributed by atoms with E-state index >= 15 is 0 Å². The van der Waals surface area contributed by atoms with Crippen LogP contribution in [0.25, 0.3) is 0 Å². The summed E-state index contributed by atoms with van der Waals surface area (Å²) in [6, 6.07) is 2.76. The number of piperidine rings is 1. The second-order valence-electron chi connectivity index (χ2n) is 8.30. The standard InChI is InChI=1S/C20H33N5O/c26-14-18-6-3-9-25(18)20-12-19(21-15-22-20)23-17-7-10-24(11-8-17)13-16-4-1-2-5-16/h12,15-18,26H,1-11,13-14H2,(H,21,22,23). The molecule has 2 saturated heterocycles. The van der Waals surface area contributed by atoms with Crippen molar-refractivity contribution in [2.24, 2.45) is 5.92 Å². The maximum atomic E-state index is 9.55. The minimum atomic E-state index is 0.201. The Bertz CT molecular complexity index is 569. The normalized spacial score (nSPS) is 25.9. The van der Waals surface area contributed by atoms with Gasteiger partial charge in [0, 0.05) is 38.3 Å². The van der Waals surface area contributed by atoms with Crippen LogP contribution in [0, 0.1) is 5.92 Å². The molecule has 0 aromatic carbocycles. The summed E-state index contributed by atoms with van der Waals surface area (Å²) in [6.45, 7) is 4.88. The molecule has 3 heterocycles. The van der Waals surface area contributed by atoms with Gasteiger partial charge in [0.05, 0.1) is 12.6 Å². The molecule has 0 bridgehead atoms. The number of anilines is 2. The minimum absolute atomic E-state index is 0.201. The summed E-state index contributed by atoms with van der Waals surface area (Å²) >= 11 is 0. The van der Waals surface area contributed by atoms with E-state index in [9.17, 15) is 5.11 Å². The quantitative estimate of drug-likeness (QED) is 0.814. The van der Waals surface area contributed by atoms with Crippen molar-refractivity contribution >= 4 is 11.6 Å². The van der Waals surface area contributed by atoms with Crippen molar-refractivity contribution in [3.8, 4) is 0 Å².